The summed E-state index contributed by atoms with van der Waals surface area (Å²) in [4.78, 5) is 14.0. The molecule has 94 valence electrons. The number of hydrogen-bond donors (Lipinski definition) is 1. The van der Waals surface area contributed by atoms with E-state index in [0.29, 0.717) is 5.69 Å². The third kappa shape index (κ3) is 2.36. The van der Waals surface area contributed by atoms with Gasteiger partial charge in [0.15, 0.2) is 0 Å². The van der Waals surface area contributed by atoms with E-state index in [9.17, 15) is 9.90 Å². The molecule has 0 bridgehead atoms. The van der Waals surface area contributed by atoms with E-state index >= 15 is 0 Å². The predicted octanol–water partition coefficient (Wildman–Crippen LogP) is 1.40. The second-order valence-electron chi connectivity index (χ2n) is 4.84. The van der Waals surface area contributed by atoms with Crippen molar-refractivity contribution in [3.63, 3.8) is 0 Å². The highest BCUT2D eigenvalue weighted by molar-refractivity contribution is 5.92. The molecule has 0 aliphatic heterocycles. The number of nitrogens with zero attached hydrogens (tertiary/aromatic N) is 2. The summed E-state index contributed by atoms with van der Waals surface area (Å²) >= 11 is 0. The van der Waals surface area contributed by atoms with Crippen molar-refractivity contribution in [2.24, 2.45) is 7.05 Å². The molecule has 2 unspecified atom stereocenters. The first-order chi connectivity index (χ1) is 8.11. The molecular weight excluding hydrogens is 216 g/mol. The lowest BCUT2D eigenvalue weighted by atomic mass is 9.91. The Kier molecular flexibility index (Phi) is 3.52. The van der Waals surface area contributed by atoms with Gasteiger partial charge in [-0.1, -0.05) is 12.8 Å². The molecule has 1 saturated carbocycles. The van der Waals surface area contributed by atoms with Crippen molar-refractivity contribution in [2.75, 3.05) is 7.05 Å². The molecule has 4 heteroatoms. The lowest BCUT2D eigenvalue weighted by molar-refractivity contribution is 0.0262. The topological polar surface area (TPSA) is 45.5 Å². The predicted molar refractivity (Wildman–Crippen MR) is 65.8 cm³/mol. The third-order valence-corrected chi connectivity index (χ3v) is 3.67. The van der Waals surface area contributed by atoms with E-state index in [1.165, 1.54) is 0 Å². The van der Waals surface area contributed by atoms with Crippen LogP contribution in [0.3, 0.4) is 0 Å². The van der Waals surface area contributed by atoms with E-state index in [2.05, 4.69) is 0 Å². The Morgan fingerprint density at radius 1 is 1.47 bits per heavy atom. The Bertz CT molecular complexity index is 400. The maximum atomic E-state index is 12.3. The number of aliphatic hydroxyl groups excluding tert-OH is 1. The molecular formula is C13H20N2O2. The number of likely N-dealkylation sites (N-methyl/N-ethyl adjacent to an activating group) is 1. The molecule has 1 aromatic rings. The van der Waals surface area contributed by atoms with Crippen molar-refractivity contribution in [1.82, 2.24) is 9.47 Å². The maximum absolute atomic E-state index is 12.3. The van der Waals surface area contributed by atoms with Gasteiger partial charge in [-0.15, -0.1) is 0 Å². The van der Waals surface area contributed by atoms with Crippen LogP contribution in [0.1, 0.15) is 36.2 Å². The monoisotopic (exact) mass is 236 g/mol. The highest BCUT2D eigenvalue weighted by Crippen LogP contribution is 2.23. The van der Waals surface area contributed by atoms with Gasteiger partial charge in [0.05, 0.1) is 12.1 Å². The normalized spacial score (nSPS) is 24.6. The summed E-state index contributed by atoms with van der Waals surface area (Å²) in [6, 6.07) is 3.64. The van der Waals surface area contributed by atoms with Crippen molar-refractivity contribution >= 4 is 5.91 Å². The van der Waals surface area contributed by atoms with Crippen LogP contribution in [0.2, 0.25) is 0 Å². The molecule has 1 fully saturated rings. The van der Waals surface area contributed by atoms with Crippen LogP contribution < -0.4 is 0 Å². The lowest BCUT2D eigenvalue weighted by Gasteiger charge is -2.35. The van der Waals surface area contributed by atoms with Crippen LogP contribution in [0.25, 0.3) is 0 Å². The Morgan fingerprint density at radius 3 is 2.76 bits per heavy atom. The van der Waals surface area contributed by atoms with Crippen LogP contribution >= 0.6 is 0 Å². The zero-order valence-electron chi connectivity index (χ0n) is 10.5. The molecule has 1 aliphatic carbocycles. The number of aryl methyl sites for hydroxylation is 1. The fraction of sp³-hybridized carbons (Fsp3) is 0.615. The van der Waals surface area contributed by atoms with Crippen LogP contribution in [-0.2, 0) is 7.05 Å². The Hall–Kier alpha value is -1.29. The highest BCUT2D eigenvalue weighted by Gasteiger charge is 2.30. The molecule has 1 amide bonds. The van der Waals surface area contributed by atoms with Crippen molar-refractivity contribution < 1.29 is 9.90 Å². The largest absolute Gasteiger partial charge is 0.391 e. The van der Waals surface area contributed by atoms with E-state index in [4.69, 9.17) is 0 Å². The average molecular weight is 236 g/mol. The average Bonchev–Trinajstić information content (AvgIpc) is 2.74. The van der Waals surface area contributed by atoms with Crippen molar-refractivity contribution in [2.45, 2.75) is 37.8 Å². The minimum atomic E-state index is -0.377. The summed E-state index contributed by atoms with van der Waals surface area (Å²) < 4.78 is 1.81. The SMILES string of the molecule is CN(C(=O)c1cccn1C)C1CCCCC1O. The third-order valence-electron chi connectivity index (χ3n) is 3.67. The van der Waals surface area contributed by atoms with Crippen LogP contribution in [0.5, 0.6) is 0 Å². The number of aliphatic hydroxyl groups is 1. The molecule has 0 spiro atoms. The number of carbonyl (C=O) groups is 1. The van der Waals surface area contributed by atoms with Gasteiger partial charge < -0.3 is 14.6 Å². The van der Waals surface area contributed by atoms with Gasteiger partial charge in [0.2, 0.25) is 0 Å². The van der Waals surface area contributed by atoms with Gasteiger partial charge in [0, 0.05) is 20.3 Å². The lowest BCUT2D eigenvalue weighted by Crippen LogP contribution is -2.46. The first-order valence-corrected chi connectivity index (χ1v) is 6.18. The van der Waals surface area contributed by atoms with E-state index in [0.717, 1.165) is 25.7 Å². The van der Waals surface area contributed by atoms with Gasteiger partial charge in [-0.2, -0.15) is 0 Å². The van der Waals surface area contributed by atoms with E-state index in [-0.39, 0.29) is 18.1 Å². The standard InChI is InChI=1S/C13H20N2O2/c1-14-9-5-7-11(14)13(17)15(2)10-6-3-4-8-12(10)16/h5,7,9-10,12,16H,3-4,6,8H2,1-2H3. The summed E-state index contributed by atoms with van der Waals surface area (Å²) in [5.74, 6) is -0.0107. The molecule has 1 aromatic heterocycles. The Morgan fingerprint density at radius 2 is 2.18 bits per heavy atom. The summed E-state index contributed by atoms with van der Waals surface area (Å²) in [5, 5.41) is 9.95. The fourth-order valence-corrected chi connectivity index (χ4v) is 2.56. The van der Waals surface area contributed by atoms with Gasteiger partial charge in [0.25, 0.3) is 5.91 Å². The van der Waals surface area contributed by atoms with Crippen LogP contribution in [0.15, 0.2) is 18.3 Å². The minimum absolute atomic E-state index is 0.0107. The molecule has 0 saturated heterocycles. The van der Waals surface area contributed by atoms with Gasteiger partial charge in [-0.3, -0.25) is 4.79 Å². The van der Waals surface area contributed by atoms with E-state index < -0.39 is 0 Å². The van der Waals surface area contributed by atoms with Crippen molar-refractivity contribution in [1.29, 1.82) is 0 Å². The van der Waals surface area contributed by atoms with E-state index in [1.807, 2.05) is 29.9 Å². The summed E-state index contributed by atoms with van der Waals surface area (Å²) in [6.07, 6.45) is 5.33. The Balaban J connectivity index is 2.11. The number of hydrogen-bond acceptors (Lipinski definition) is 2. The minimum Gasteiger partial charge on any atom is -0.391 e. The van der Waals surface area contributed by atoms with Gasteiger partial charge in [-0.25, -0.2) is 0 Å². The molecule has 4 nitrogen and oxygen atoms in total. The molecule has 0 aromatic carbocycles. The van der Waals surface area contributed by atoms with Crippen LogP contribution in [-0.4, -0.2) is 39.7 Å². The smallest absolute Gasteiger partial charge is 0.270 e. The van der Waals surface area contributed by atoms with Crippen LogP contribution in [0.4, 0.5) is 0 Å². The van der Waals surface area contributed by atoms with Crippen molar-refractivity contribution in [3.05, 3.63) is 24.0 Å². The number of aromatic nitrogens is 1. The number of rotatable bonds is 2. The van der Waals surface area contributed by atoms with Crippen molar-refractivity contribution in [3.8, 4) is 0 Å². The molecule has 1 aliphatic rings. The second-order valence-corrected chi connectivity index (χ2v) is 4.84. The molecule has 1 heterocycles. The quantitative estimate of drug-likeness (QED) is 0.843. The molecule has 2 rings (SSSR count). The molecule has 0 radical (unpaired) electrons. The molecule has 2 atom stereocenters. The molecule has 1 N–H and O–H groups in total. The Labute approximate surface area is 102 Å². The zero-order chi connectivity index (χ0) is 12.4. The van der Waals surface area contributed by atoms with Crippen LogP contribution in [0, 0.1) is 0 Å². The maximum Gasteiger partial charge on any atom is 0.270 e. The fourth-order valence-electron chi connectivity index (χ4n) is 2.56. The molecule has 17 heavy (non-hydrogen) atoms. The van der Waals surface area contributed by atoms with Gasteiger partial charge >= 0.3 is 0 Å². The first kappa shape index (κ1) is 12.2. The summed E-state index contributed by atoms with van der Waals surface area (Å²) in [7, 11) is 3.65. The second kappa shape index (κ2) is 4.92. The first-order valence-electron chi connectivity index (χ1n) is 6.18. The summed E-state index contributed by atoms with van der Waals surface area (Å²) in [5.41, 5.74) is 0.672. The van der Waals surface area contributed by atoms with E-state index in [1.54, 1.807) is 11.9 Å². The number of amides is 1. The zero-order valence-corrected chi connectivity index (χ0v) is 10.5. The highest BCUT2D eigenvalue weighted by atomic mass is 16.3. The number of carbonyl (C=O) groups excluding carboxylic acids is 1. The van der Waals surface area contributed by atoms with Gasteiger partial charge in [0.1, 0.15) is 5.69 Å². The summed E-state index contributed by atoms with van der Waals surface area (Å²) in [6.45, 7) is 0. The van der Waals surface area contributed by atoms with Gasteiger partial charge in [-0.05, 0) is 25.0 Å².